The molecule has 2 atom stereocenters. The molecule has 3 heterocycles. The molecule has 0 saturated heterocycles. The fraction of sp³-hybridized carbons (Fsp3) is 0.308. The summed E-state index contributed by atoms with van der Waals surface area (Å²) in [5.41, 5.74) is 2.50. The Balaban J connectivity index is 1.38. The Labute approximate surface area is 198 Å². The van der Waals surface area contributed by atoms with Crippen molar-refractivity contribution >= 4 is 11.9 Å². The number of carbonyl (C=O) groups excluding carboxylic acids is 1. The van der Waals surface area contributed by atoms with E-state index >= 15 is 0 Å². The zero-order valence-electron chi connectivity index (χ0n) is 19.5. The summed E-state index contributed by atoms with van der Waals surface area (Å²) >= 11 is 0. The van der Waals surface area contributed by atoms with Gasteiger partial charge in [0.05, 0.1) is 17.6 Å². The third-order valence-electron chi connectivity index (χ3n) is 5.75. The molecule has 1 amide bonds. The van der Waals surface area contributed by atoms with Crippen LogP contribution in [0, 0.1) is 0 Å². The van der Waals surface area contributed by atoms with Gasteiger partial charge in [0.25, 0.3) is 0 Å². The van der Waals surface area contributed by atoms with E-state index in [2.05, 4.69) is 54.7 Å². The minimum absolute atomic E-state index is 0.0543. The van der Waals surface area contributed by atoms with Gasteiger partial charge >= 0.3 is 6.09 Å². The van der Waals surface area contributed by atoms with Crippen LogP contribution in [0.25, 0.3) is 17.1 Å². The van der Waals surface area contributed by atoms with Crippen molar-refractivity contribution < 1.29 is 9.53 Å². The van der Waals surface area contributed by atoms with Crippen molar-refractivity contribution in [2.45, 2.75) is 44.8 Å². The number of aromatic nitrogens is 4. The number of rotatable bonds is 4. The highest BCUT2D eigenvalue weighted by atomic mass is 16.6. The molecule has 2 aromatic heterocycles. The average molecular weight is 457 g/mol. The number of alkyl carbamates (subject to hydrolysis) is 1. The maximum Gasteiger partial charge on any atom is 0.407 e. The SMILES string of the molecule is CC(C)(C)OC(=O)NCCc1ccc(-c2nnc3n2-c2cccnc2NC2C=CC=CC32)cc1. The Bertz CT molecular complexity index is 1250. The number of pyridine rings is 1. The second kappa shape index (κ2) is 8.78. The van der Waals surface area contributed by atoms with Crippen LogP contribution in [0.1, 0.15) is 38.1 Å². The van der Waals surface area contributed by atoms with Crippen molar-refractivity contribution in [1.82, 2.24) is 25.1 Å². The van der Waals surface area contributed by atoms with E-state index in [9.17, 15) is 4.79 Å². The molecule has 8 heteroatoms. The summed E-state index contributed by atoms with van der Waals surface area (Å²) in [4.78, 5) is 16.4. The van der Waals surface area contributed by atoms with E-state index in [-0.39, 0.29) is 12.0 Å². The molecule has 1 aliphatic heterocycles. The summed E-state index contributed by atoms with van der Waals surface area (Å²) in [6, 6.07) is 12.2. The van der Waals surface area contributed by atoms with Crippen LogP contribution in [0.5, 0.6) is 0 Å². The summed E-state index contributed by atoms with van der Waals surface area (Å²) in [6.45, 7) is 6.05. The molecule has 0 bridgehead atoms. The van der Waals surface area contributed by atoms with E-state index in [0.29, 0.717) is 13.0 Å². The predicted octanol–water partition coefficient (Wildman–Crippen LogP) is 4.40. The normalized spacial score (nSPS) is 18.2. The van der Waals surface area contributed by atoms with Crippen molar-refractivity contribution in [2.24, 2.45) is 0 Å². The Hall–Kier alpha value is -3.94. The zero-order chi connectivity index (χ0) is 23.7. The molecular weight excluding hydrogens is 428 g/mol. The fourth-order valence-electron chi connectivity index (χ4n) is 4.22. The summed E-state index contributed by atoms with van der Waals surface area (Å²) < 4.78 is 7.39. The number of hydrogen-bond acceptors (Lipinski definition) is 6. The largest absolute Gasteiger partial charge is 0.444 e. The number of fused-ring (bicyclic) bond motifs is 5. The van der Waals surface area contributed by atoms with Crippen LogP contribution in [0.15, 0.2) is 66.9 Å². The molecule has 1 aliphatic carbocycles. The van der Waals surface area contributed by atoms with E-state index in [4.69, 9.17) is 4.74 Å². The topological polar surface area (TPSA) is 94.0 Å². The van der Waals surface area contributed by atoms with Gasteiger partial charge in [-0.1, -0.05) is 48.6 Å². The summed E-state index contributed by atoms with van der Waals surface area (Å²) in [7, 11) is 0. The second-order valence-electron chi connectivity index (χ2n) is 9.43. The lowest BCUT2D eigenvalue weighted by molar-refractivity contribution is 0.0528. The highest BCUT2D eigenvalue weighted by Crippen LogP contribution is 2.36. The number of ether oxygens (including phenoxy) is 1. The van der Waals surface area contributed by atoms with Gasteiger partial charge in [-0.2, -0.15) is 0 Å². The number of anilines is 1. The van der Waals surface area contributed by atoms with Gasteiger partial charge in [0.1, 0.15) is 11.4 Å². The first-order valence-corrected chi connectivity index (χ1v) is 11.5. The van der Waals surface area contributed by atoms with Crippen LogP contribution < -0.4 is 10.6 Å². The number of benzene rings is 1. The Kier molecular flexibility index (Phi) is 5.65. The zero-order valence-corrected chi connectivity index (χ0v) is 19.5. The molecule has 174 valence electrons. The molecule has 0 spiro atoms. The maximum atomic E-state index is 11.9. The molecule has 8 nitrogen and oxygen atoms in total. The molecule has 5 rings (SSSR count). The number of carbonyl (C=O) groups is 1. The molecule has 0 radical (unpaired) electrons. The van der Waals surface area contributed by atoms with Gasteiger partial charge in [-0.25, -0.2) is 9.78 Å². The van der Waals surface area contributed by atoms with E-state index in [1.165, 1.54) is 0 Å². The lowest BCUT2D eigenvalue weighted by Gasteiger charge is -2.21. The monoisotopic (exact) mass is 456 g/mol. The smallest absolute Gasteiger partial charge is 0.407 e. The van der Waals surface area contributed by atoms with Crippen LogP contribution in [0.4, 0.5) is 10.6 Å². The van der Waals surface area contributed by atoms with Crippen LogP contribution in [-0.2, 0) is 11.2 Å². The van der Waals surface area contributed by atoms with Gasteiger partial charge in [0.15, 0.2) is 11.6 Å². The number of allylic oxidation sites excluding steroid dienone is 2. The highest BCUT2D eigenvalue weighted by Gasteiger charge is 2.32. The first-order chi connectivity index (χ1) is 16.4. The maximum absolute atomic E-state index is 11.9. The van der Waals surface area contributed by atoms with Gasteiger partial charge in [-0.3, -0.25) is 4.57 Å². The first kappa shape index (κ1) is 21.9. The summed E-state index contributed by atoms with van der Waals surface area (Å²) in [5.74, 6) is 2.51. The predicted molar refractivity (Wildman–Crippen MR) is 131 cm³/mol. The minimum Gasteiger partial charge on any atom is -0.444 e. The lowest BCUT2D eigenvalue weighted by Crippen LogP contribution is -2.33. The third kappa shape index (κ3) is 4.44. The molecule has 2 unspecified atom stereocenters. The van der Waals surface area contributed by atoms with Crippen LogP contribution in [-0.4, -0.2) is 44.0 Å². The summed E-state index contributed by atoms with van der Waals surface area (Å²) in [5, 5.41) is 15.5. The van der Waals surface area contributed by atoms with E-state index in [1.807, 2.05) is 57.2 Å². The molecule has 3 aromatic rings. The van der Waals surface area contributed by atoms with Crippen molar-refractivity contribution in [3.05, 3.63) is 78.3 Å². The summed E-state index contributed by atoms with van der Waals surface area (Å²) in [6.07, 6.45) is 10.5. The van der Waals surface area contributed by atoms with Gasteiger partial charge in [-0.15, -0.1) is 10.2 Å². The van der Waals surface area contributed by atoms with Crippen molar-refractivity contribution in [3.8, 4) is 17.1 Å². The van der Waals surface area contributed by atoms with Gasteiger partial charge < -0.3 is 15.4 Å². The number of nitrogens with one attached hydrogen (secondary N) is 2. The quantitative estimate of drug-likeness (QED) is 0.604. The Morgan fingerprint density at radius 3 is 2.71 bits per heavy atom. The van der Waals surface area contributed by atoms with Crippen molar-refractivity contribution in [2.75, 3.05) is 11.9 Å². The minimum atomic E-state index is -0.505. The molecule has 34 heavy (non-hydrogen) atoms. The van der Waals surface area contributed by atoms with Crippen molar-refractivity contribution in [3.63, 3.8) is 0 Å². The third-order valence-corrected chi connectivity index (χ3v) is 5.75. The average Bonchev–Trinajstić information content (AvgIpc) is 3.18. The van der Waals surface area contributed by atoms with Crippen LogP contribution in [0.2, 0.25) is 0 Å². The van der Waals surface area contributed by atoms with E-state index < -0.39 is 11.7 Å². The number of amides is 1. The van der Waals surface area contributed by atoms with Crippen LogP contribution in [0.3, 0.4) is 0 Å². The van der Waals surface area contributed by atoms with E-state index in [0.717, 1.165) is 34.3 Å². The van der Waals surface area contributed by atoms with Gasteiger partial charge in [0.2, 0.25) is 0 Å². The molecule has 2 N–H and O–H groups in total. The Morgan fingerprint density at radius 2 is 1.91 bits per heavy atom. The van der Waals surface area contributed by atoms with Crippen molar-refractivity contribution in [1.29, 1.82) is 0 Å². The molecular formula is C26H28N6O2. The highest BCUT2D eigenvalue weighted by molar-refractivity contribution is 5.68. The molecule has 0 saturated carbocycles. The number of nitrogens with zero attached hydrogens (tertiary/aromatic N) is 4. The lowest BCUT2D eigenvalue weighted by atomic mass is 9.94. The number of hydrogen-bond donors (Lipinski definition) is 2. The Morgan fingerprint density at radius 1 is 1.12 bits per heavy atom. The van der Waals surface area contributed by atoms with E-state index in [1.54, 1.807) is 6.20 Å². The molecule has 2 aliphatic rings. The molecule has 0 fully saturated rings. The standard InChI is InChI=1S/C26H28N6O2/c1-26(2,3)34-25(33)28-16-14-17-10-12-18(13-11-17)23-30-31-24-19-7-4-5-8-20(19)29-22-21(32(23)24)9-6-15-27-22/h4-13,15,19-20H,14,16H2,1-3H3,(H,27,29)(H,28,33). The second-order valence-corrected chi connectivity index (χ2v) is 9.43. The van der Waals surface area contributed by atoms with Gasteiger partial charge in [0, 0.05) is 18.3 Å². The molecule has 1 aromatic carbocycles. The first-order valence-electron chi connectivity index (χ1n) is 11.5. The fourth-order valence-corrected chi connectivity index (χ4v) is 4.22. The van der Waals surface area contributed by atoms with Gasteiger partial charge in [-0.05, 0) is 44.9 Å². The van der Waals surface area contributed by atoms with Crippen LogP contribution >= 0.6 is 0 Å².